The number of rotatable bonds is 12. The Hall–Kier alpha value is -4.66. The van der Waals surface area contributed by atoms with Crippen molar-refractivity contribution in [3.63, 3.8) is 0 Å². The molecule has 4 aromatic rings. The summed E-state index contributed by atoms with van der Waals surface area (Å²) in [6, 6.07) is 44.2. The normalized spacial score (nSPS) is 22.0. The topological polar surface area (TPSA) is 83.1 Å². The molecule has 324 valence electrons. The van der Waals surface area contributed by atoms with E-state index in [1.807, 2.05) is 41.5 Å². The third kappa shape index (κ3) is 16.1. The highest BCUT2D eigenvalue weighted by Gasteiger charge is 2.34. The maximum Gasteiger partial charge on any atom is 0.407 e. The predicted octanol–water partition coefficient (Wildman–Crippen LogP) is 11.5. The van der Waals surface area contributed by atoms with Crippen molar-refractivity contribution < 1.29 is 19.1 Å². The summed E-state index contributed by atoms with van der Waals surface area (Å²) < 4.78 is 10.9. The molecular formula is C52H72N4O4. The number of hydrogen-bond acceptors (Lipinski definition) is 6. The predicted molar refractivity (Wildman–Crippen MR) is 244 cm³/mol. The van der Waals surface area contributed by atoms with Crippen LogP contribution in [0.5, 0.6) is 0 Å². The lowest BCUT2D eigenvalue weighted by Crippen LogP contribution is -2.48. The summed E-state index contributed by atoms with van der Waals surface area (Å²) in [5.74, 6) is 0.815. The van der Waals surface area contributed by atoms with Crippen LogP contribution in [-0.2, 0) is 35.7 Å². The highest BCUT2D eigenvalue weighted by molar-refractivity contribution is 5.68. The zero-order valence-corrected chi connectivity index (χ0v) is 37.6. The molecule has 2 aliphatic carbocycles. The van der Waals surface area contributed by atoms with E-state index in [4.69, 9.17) is 9.47 Å². The number of ether oxygens (including phenoxy) is 2. The summed E-state index contributed by atoms with van der Waals surface area (Å²) in [5, 5.41) is 6.21. The maximum absolute atomic E-state index is 12.2. The van der Waals surface area contributed by atoms with Gasteiger partial charge < -0.3 is 20.1 Å². The molecule has 60 heavy (non-hydrogen) atoms. The van der Waals surface area contributed by atoms with Gasteiger partial charge in [0, 0.05) is 50.3 Å². The molecule has 0 bridgehead atoms. The lowest BCUT2D eigenvalue weighted by atomic mass is 9.81. The quantitative estimate of drug-likeness (QED) is 0.148. The highest BCUT2D eigenvalue weighted by Crippen LogP contribution is 2.32. The summed E-state index contributed by atoms with van der Waals surface area (Å²) in [5.41, 5.74) is 4.44. The molecule has 2 N–H and O–H groups in total. The second-order valence-electron chi connectivity index (χ2n) is 19.1. The number of hydrogen-bond donors (Lipinski definition) is 2. The first-order valence-electron chi connectivity index (χ1n) is 22.2. The van der Waals surface area contributed by atoms with E-state index in [1.54, 1.807) is 0 Å². The fourth-order valence-corrected chi connectivity index (χ4v) is 8.65. The Bertz CT molecular complexity index is 1630. The van der Waals surface area contributed by atoms with E-state index in [0.29, 0.717) is 23.9 Å². The monoisotopic (exact) mass is 817 g/mol. The van der Waals surface area contributed by atoms with Crippen molar-refractivity contribution in [3.8, 4) is 0 Å². The number of nitrogens with zero attached hydrogens (tertiary/aromatic N) is 2. The van der Waals surface area contributed by atoms with Crippen molar-refractivity contribution in [2.75, 3.05) is 0 Å². The molecule has 6 atom stereocenters. The molecule has 0 aliphatic heterocycles. The van der Waals surface area contributed by atoms with Gasteiger partial charge in [0.1, 0.15) is 11.2 Å². The van der Waals surface area contributed by atoms with Crippen LogP contribution < -0.4 is 10.6 Å². The van der Waals surface area contributed by atoms with Gasteiger partial charge in [-0.25, -0.2) is 9.59 Å². The first-order valence-corrected chi connectivity index (χ1v) is 22.2. The molecule has 2 fully saturated rings. The van der Waals surface area contributed by atoms with E-state index in [1.165, 1.54) is 22.3 Å². The number of benzene rings is 4. The van der Waals surface area contributed by atoms with Crippen molar-refractivity contribution in [1.29, 1.82) is 0 Å². The van der Waals surface area contributed by atoms with Crippen molar-refractivity contribution >= 4 is 12.2 Å². The molecular weight excluding hydrogens is 745 g/mol. The van der Waals surface area contributed by atoms with Crippen molar-refractivity contribution in [2.45, 2.75) is 155 Å². The van der Waals surface area contributed by atoms with Crippen LogP contribution in [0.25, 0.3) is 0 Å². The van der Waals surface area contributed by atoms with Gasteiger partial charge >= 0.3 is 12.2 Å². The minimum Gasteiger partial charge on any atom is -0.444 e. The molecule has 0 saturated heterocycles. The Kier molecular flexibility index (Phi) is 17.2. The second-order valence-corrected chi connectivity index (χ2v) is 19.1. The van der Waals surface area contributed by atoms with Crippen LogP contribution in [0.1, 0.15) is 116 Å². The van der Waals surface area contributed by atoms with Crippen LogP contribution in [0.3, 0.4) is 0 Å². The van der Waals surface area contributed by atoms with Crippen molar-refractivity contribution in [1.82, 2.24) is 20.4 Å². The van der Waals surface area contributed by atoms with Gasteiger partial charge in [-0.3, -0.25) is 9.80 Å². The fraction of sp³-hybridized carbons (Fsp3) is 0.500. The third-order valence-electron chi connectivity index (χ3n) is 11.6. The largest absolute Gasteiger partial charge is 0.444 e. The van der Waals surface area contributed by atoms with Crippen LogP contribution in [0.15, 0.2) is 121 Å². The van der Waals surface area contributed by atoms with Gasteiger partial charge in [0.15, 0.2) is 0 Å². The lowest BCUT2D eigenvalue weighted by molar-refractivity contribution is 0.0419. The third-order valence-corrected chi connectivity index (χ3v) is 11.6. The first-order chi connectivity index (χ1) is 28.6. The van der Waals surface area contributed by atoms with Gasteiger partial charge in [-0.2, -0.15) is 0 Å². The molecule has 0 spiro atoms. The molecule has 6 rings (SSSR count). The Morgan fingerprint density at radius 3 is 0.983 bits per heavy atom. The standard InChI is InChI=1S/2C26H36N2O2/c2*1-20-17-23(15-16-24(20)27-25(29)30-26(2,3)4)28(18-21-11-7-5-8-12-21)19-22-13-9-6-10-14-22/h2*5-14,20,23-24H,15-19H2,1-4H3,(H,27,29)/t2*20-,23-,24-/m10/s1. The van der Waals surface area contributed by atoms with E-state index in [9.17, 15) is 9.59 Å². The fourth-order valence-electron chi connectivity index (χ4n) is 8.65. The smallest absolute Gasteiger partial charge is 0.407 e. The van der Waals surface area contributed by atoms with Crippen LogP contribution in [0.4, 0.5) is 9.59 Å². The van der Waals surface area contributed by atoms with E-state index in [-0.39, 0.29) is 24.3 Å². The molecule has 2 saturated carbocycles. The van der Waals surface area contributed by atoms with E-state index < -0.39 is 11.2 Å². The van der Waals surface area contributed by atoms with Crippen LogP contribution in [0, 0.1) is 11.8 Å². The second kappa shape index (κ2) is 22.3. The summed E-state index contributed by atoms with van der Waals surface area (Å²) in [7, 11) is 0. The van der Waals surface area contributed by atoms with Crippen LogP contribution in [0.2, 0.25) is 0 Å². The molecule has 8 nitrogen and oxygen atoms in total. The number of alkyl carbamates (subject to hydrolysis) is 2. The minimum absolute atomic E-state index is 0.173. The number of amides is 2. The summed E-state index contributed by atoms with van der Waals surface area (Å²) in [4.78, 5) is 29.7. The molecule has 4 aromatic carbocycles. The van der Waals surface area contributed by atoms with Crippen LogP contribution in [-0.4, -0.2) is 57.4 Å². The van der Waals surface area contributed by atoms with E-state index in [2.05, 4.69) is 156 Å². The number of carbonyl (C=O) groups excluding carboxylic acids is 2. The zero-order chi connectivity index (χ0) is 43.1. The highest BCUT2D eigenvalue weighted by atomic mass is 16.6. The number of nitrogens with one attached hydrogen (secondary N) is 2. The Balaban J connectivity index is 0.000000228. The van der Waals surface area contributed by atoms with Gasteiger partial charge in [0.25, 0.3) is 0 Å². The SMILES string of the molecule is C[C@@H]1C[C@H](N(Cc2ccccc2)Cc2ccccc2)CC[C@H]1NC(=O)OC(C)(C)C.C[C@H]1C[C@@H](N(Cc2ccccc2)Cc2ccccc2)CC[C@@H]1NC(=O)OC(C)(C)C. The van der Waals surface area contributed by atoms with Crippen LogP contribution >= 0.6 is 0 Å². The zero-order valence-electron chi connectivity index (χ0n) is 37.6. The maximum atomic E-state index is 12.2. The summed E-state index contributed by atoms with van der Waals surface area (Å²) in [6.45, 7) is 19.7. The van der Waals surface area contributed by atoms with E-state index >= 15 is 0 Å². The molecule has 2 amide bonds. The van der Waals surface area contributed by atoms with Gasteiger partial charge in [0.2, 0.25) is 0 Å². The molecule has 0 radical (unpaired) electrons. The van der Waals surface area contributed by atoms with Gasteiger partial charge in [-0.1, -0.05) is 135 Å². The Morgan fingerprint density at radius 2 is 0.750 bits per heavy atom. The molecule has 0 aromatic heterocycles. The van der Waals surface area contributed by atoms with Crippen molar-refractivity contribution in [2.24, 2.45) is 11.8 Å². The Morgan fingerprint density at radius 1 is 0.483 bits per heavy atom. The van der Waals surface area contributed by atoms with E-state index in [0.717, 1.165) is 64.7 Å². The summed E-state index contributed by atoms with van der Waals surface area (Å²) in [6.07, 6.45) is 5.64. The lowest BCUT2D eigenvalue weighted by Gasteiger charge is -2.40. The molecule has 0 heterocycles. The van der Waals surface area contributed by atoms with Gasteiger partial charge in [0.05, 0.1) is 0 Å². The summed E-state index contributed by atoms with van der Waals surface area (Å²) >= 11 is 0. The van der Waals surface area contributed by atoms with Gasteiger partial charge in [-0.15, -0.1) is 0 Å². The average molecular weight is 817 g/mol. The molecule has 0 unspecified atom stereocenters. The number of carbonyl (C=O) groups is 2. The van der Waals surface area contributed by atoms with Crippen molar-refractivity contribution in [3.05, 3.63) is 144 Å². The molecule has 2 aliphatic rings. The Labute approximate surface area is 361 Å². The molecule has 8 heteroatoms. The average Bonchev–Trinajstić information content (AvgIpc) is 3.19. The van der Waals surface area contributed by atoms with Gasteiger partial charge in [-0.05, 0) is 114 Å². The minimum atomic E-state index is -0.466. The first kappa shape index (κ1) is 46.4.